The van der Waals surface area contributed by atoms with Gasteiger partial charge < -0.3 is 10.1 Å². The van der Waals surface area contributed by atoms with Crippen molar-refractivity contribution in [3.63, 3.8) is 0 Å². The molecular formula is C21H24F6N4O. The highest BCUT2D eigenvalue weighted by molar-refractivity contribution is 5.30. The normalized spacial score (nSPS) is 25.8. The molecular weight excluding hydrogens is 438 g/mol. The second-order valence-corrected chi connectivity index (χ2v) is 8.50. The average Bonchev–Trinajstić information content (AvgIpc) is 3.21. The summed E-state index contributed by atoms with van der Waals surface area (Å²) >= 11 is 0. The number of nitrogens with one attached hydrogen (secondary N) is 1. The van der Waals surface area contributed by atoms with E-state index in [1.807, 2.05) is 6.92 Å². The van der Waals surface area contributed by atoms with Gasteiger partial charge in [0.05, 0.1) is 16.7 Å². The Labute approximate surface area is 181 Å². The van der Waals surface area contributed by atoms with Crippen LogP contribution in [-0.2, 0) is 24.3 Å². The lowest BCUT2D eigenvalue weighted by Gasteiger charge is -2.41. The number of fused-ring (bicyclic) bond motifs is 2. The molecule has 3 atom stereocenters. The van der Waals surface area contributed by atoms with Crippen LogP contribution in [0, 0.1) is 5.92 Å². The molecule has 32 heavy (non-hydrogen) atoms. The number of nitrogens with zero attached hydrogens (tertiary/aromatic N) is 3. The van der Waals surface area contributed by atoms with Gasteiger partial charge in [-0.15, -0.1) is 0 Å². The summed E-state index contributed by atoms with van der Waals surface area (Å²) in [6.45, 7) is 3.24. The average molecular weight is 462 g/mol. The van der Waals surface area contributed by atoms with Crippen LogP contribution in [0.25, 0.3) is 0 Å². The van der Waals surface area contributed by atoms with Crippen molar-refractivity contribution in [3.8, 4) is 5.88 Å². The molecule has 0 radical (unpaired) electrons. The van der Waals surface area contributed by atoms with Gasteiger partial charge in [-0.05, 0) is 31.4 Å². The number of hydrogen-bond acceptors (Lipinski definition) is 4. The Morgan fingerprint density at radius 1 is 1.19 bits per heavy atom. The molecule has 1 aliphatic carbocycles. The number of halogens is 6. The number of ether oxygens (including phenoxy) is 1. The Hall–Kier alpha value is -2.30. The molecule has 4 rings (SSSR count). The van der Waals surface area contributed by atoms with Crippen molar-refractivity contribution in [2.75, 3.05) is 13.1 Å². The first kappa shape index (κ1) is 22.9. The van der Waals surface area contributed by atoms with Gasteiger partial charge in [0.25, 0.3) is 0 Å². The maximum absolute atomic E-state index is 13.3. The van der Waals surface area contributed by atoms with Crippen molar-refractivity contribution >= 4 is 0 Å². The van der Waals surface area contributed by atoms with E-state index < -0.39 is 35.1 Å². The monoisotopic (exact) mass is 462 g/mol. The summed E-state index contributed by atoms with van der Waals surface area (Å²) in [4.78, 5) is 4.10. The van der Waals surface area contributed by atoms with Gasteiger partial charge in [-0.2, -0.15) is 31.4 Å². The minimum atomic E-state index is -4.60. The first-order valence-corrected chi connectivity index (χ1v) is 10.6. The molecule has 1 saturated carbocycles. The molecule has 2 aliphatic rings. The summed E-state index contributed by atoms with van der Waals surface area (Å²) in [6.07, 6.45) is -6.07. The Morgan fingerprint density at radius 2 is 1.97 bits per heavy atom. The summed E-state index contributed by atoms with van der Waals surface area (Å²) in [5.74, 6) is 0.0255. The van der Waals surface area contributed by atoms with Crippen LogP contribution in [0.15, 0.2) is 24.4 Å². The van der Waals surface area contributed by atoms with Crippen molar-refractivity contribution in [1.82, 2.24) is 20.1 Å². The van der Waals surface area contributed by atoms with E-state index in [4.69, 9.17) is 4.74 Å². The molecule has 0 amide bonds. The van der Waals surface area contributed by atoms with E-state index in [2.05, 4.69) is 15.4 Å². The standard InChI is InChI=1S/C21H24F6N4O/c1-2-3-8-31-17(9-16(30-31)21(25,26)27)32-18-13-6-7-19(18,12-28-10-13)15-5-4-14(11-29-15)20(22,23)24/h4-5,9,11,13,18,28H,2-3,6-8,10,12H2,1H3. The Kier molecular flexibility index (Phi) is 5.89. The summed E-state index contributed by atoms with van der Waals surface area (Å²) in [5.41, 5.74) is -2.15. The van der Waals surface area contributed by atoms with Crippen molar-refractivity contribution in [3.05, 3.63) is 41.3 Å². The first-order chi connectivity index (χ1) is 15.0. The number of aromatic nitrogens is 3. The third kappa shape index (κ3) is 4.18. The SMILES string of the molecule is CCCCn1nc(C(F)(F)F)cc1OC1C2CCC1(c1ccc(C(F)(F)F)cn1)CNC2. The summed E-state index contributed by atoms with van der Waals surface area (Å²) < 4.78 is 86.2. The third-order valence-electron chi connectivity index (χ3n) is 6.39. The maximum atomic E-state index is 13.3. The highest BCUT2D eigenvalue weighted by Gasteiger charge is 2.55. The molecule has 5 nitrogen and oxygen atoms in total. The minimum absolute atomic E-state index is 0.00305. The molecule has 2 aromatic rings. The minimum Gasteiger partial charge on any atom is -0.473 e. The number of alkyl halides is 6. The summed E-state index contributed by atoms with van der Waals surface area (Å²) in [5, 5.41) is 6.98. The molecule has 2 aromatic heterocycles. The Morgan fingerprint density at radius 3 is 2.59 bits per heavy atom. The Balaban J connectivity index is 1.67. The van der Waals surface area contributed by atoms with E-state index in [1.165, 1.54) is 10.7 Å². The van der Waals surface area contributed by atoms with Crippen LogP contribution in [0.5, 0.6) is 5.88 Å². The van der Waals surface area contributed by atoms with Gasteiger partial charge in [0.15, 0.2) is 5.69 Å². The highest BCUT2D eigenvalue weighted by Crippen LogP contribution is 2.48. The van der Waals surface area contributed by atoms with Crippen LogP contribution in [0.1, 0.15) is 49.6 Å². The predicted molar refractivity (Wildman–Crippen MR) is 103 cm³/mol. The van der Waals surface area contributed by atoms with Crippen LogP contribution in [0.4, 0.5) is 26.3 Å². The van der Waals surface area contributed by atoms with Crippen molar-refractivity contribution in [2.24, 2.45) is 5.92 Å². The van der Waals surface area contributed by atoms with Crippen LogP contribution < -0.4 is 10.1 Å². The zero-order valence-electron chi connectivity index (χ0n) is 17.4. The number of aryl methyl sites for hydroxylation is 1. The fourth-order valence-electron chi connectivity index (χ4n) is 4.73. The molecule has 2 bridgehead atoms. The maximum Gasteiger partial charge on any atom is 0.435 e. The number of hydrogen-bond donors (Lipinski definition) is 1. The fraction of sp³-hybridized carbons (Fsp3) is 0.619. The van der Waals surface area contributed by atoms with Crippen molar-refractivity contribution in [1.29, 1.82) is 0 Å². The molecule has 1 N–H and O–H groups in total. The van der Waals surface area contributed by atoms with Crippen molar-refractivity contribution in [2.45, 2.75) is 63.0 Å². The number of rotatable bonds is 6. The van der Waals surface area contributed by atoms with E-state index in [0.717, 1.165) is 31.2 Å². The summed E-state index contributed by atoms with van der Waals surface area (Å²) in [6, 6.07) is 3.25. The largest absolute Gasteiger partial charge is 0.473 e. The molecule has 1 aliphatic heterocycles. The van der Waals surface area contributed by atoms with Crippen LogP contribution in [0.3, 0.4) is 0 Å². The van der Waals surface area contributed by atoms with Gasteiger partial charge in [-0.25, -0.2) is 4.68 Å². The van der Waals surface area contributed by atoms with Crippen LogP contribution >= 0.6 is 0 Å². The van der Waals surface area contributed by atoms with Gasteiger partial charge in [-0.1, -0.05) is 13.3 Å². The molecule has 1 saturated heterocycles. The van der Waals surface area contributed by atoms with E-state index in [9.17, 15) is 26.3 Å². The fourth-order valence-corrected chi connectivity index (χ4v) is 4.73. The molecule has 2 fully saturated rings. The van der Waals surface area contributed by atoms with Crippen LogP contribution in [0.2, 0.25) is 0 Å². The zero-order chi connectivity index (χ0) is 23.1. The Bertz CT molecular complexity index is 935. The molecule has 0 spiro atoms. The number of piperidine rings is 1. The van der Waals surface area contributed by atoms with E-state index in [-0.39, 0.29) is 18.3 Å². The quantitative estimate of drug-likeness (QED) is 0.626. The van der Waals surface area contributed by atoms with Gasteiger partial charge >= 0.3 is 12.4 Å². The van der Waals surface area contributed by atoms with Crippen LogP contribution in [-0.4, -0.2) is 34.0 Å². The smallest absolute Gasteiger partial charge is 0.435 e. The van der Waals surface area contributed by atoms with E-state index in [0.29, 0.717) is 31.6 Å². The molecule has 3 heterocycles. The second kappa shape index (κ2) is 8.24. The molecule has 11 heteroatoms. The molecule has 3 unspecified atom stereocenters. The highest BCUT2D eigenvalue weighted by atomic mass is 19.4. The van der Waals surface area contributed by atoms with Crippen molar-refractivity contribution < 1.29 is 31.1 Å². The first-order valence-electron chi connectivity index (χ1n) is 10.6. The van der Waals surface area contributed by atoms with Gasteiger partial charge in [-0.3, -0.25) is 4.98 Å². The second-order valence-electron chi connectivity index (χ2n) is 8.50. The predicted octanol–water partition coefficient (Wildman–Crippen LogP) is 4.81. The third-order valence-corrected chi connectivity index (χ3v) is 6.39. The van der Waals surface area contributed by atoms with E-state index >= 15 is 0 Å². The topological polar surface area (TPSA) is 52.0 Å². The lowest BCUT2D eigenvalue weighted by atomic mass is 9.76. The van der Waals surface area contributed by atoms with Gasteiger partial charge in [0.2, 0.25) is 5.88 Å². The summed E-state index contributed by atoms with van der Waals surface area (Å²) in [7, 11) is 0. The lowest BCUT2D eigenvalue weighted by Crippen LogP contribution is -2.55. The number of unbranched alkanes of at least 4 members (excludes halogenated alkanes) is 1. The van der Waals surface area contributed by atoms with Gasteiger partial charge in [0.1, 0.15) is 6.10 Å². The number of pyridine rings is 1. The lowest BCUT2D eigenvalue weighted by molar-refractivity contribution is -0.141. The van der Waals surface area contributed by atoms with E-state index in [1.54, 1.807) is 0 Å². The molecule has 0 aromatic carbocycles. The molecule has 176 valence electrons. The van der Waals surface area contributed by atoms with Gasteiger partial charge in [0, 0.05) is 37.8 Å². The zero-order valence-corrected chi connectivity index (χ0v) is 17.4.